The summed E-state index contributed by atoms with van der Waals surface area (Å²) in [4.78, 5) is 4.93. The van der Waals surface area contributed by atoms with Crippen molar-refractivity contribution < 1.29 is 0 Å². The lowest BCUT2D eigenvalue weighted by atomic mass is 10.1. The van der Waals surface area contributed by atoms with Crippen molar-refractivity contribution in [2.24, 2.45) is 5.92 Å². The minimum Gasteiger partial charge on any atom is -0.311 e. The topological polar surface area (TPSA) is 18.5 Å². The van der Waals surface area contributed by atoms with Crippen molar-refractivity contribution in [3.05, 3.63) is 0 Å². The first-order valence-corrected chi connectivity index (χ1v) is 6.61. The molecule has 0 aromatic carbocycles. The van der Waals surface area contributed by atoms with Gasteiger partial charge in [-0.15, -0.1) is 0 Å². The quantitative estimate of drug-likeness (QED) is 0.780. The van der Waals surface area contributed by atoms with Crippen LogP contribution in [0.25, 0.3) is 0 Å². The molecule has 1 heterocycles. The molecule has 1 aliphatic heterocycles. The lowest BCUT2D eigenvalue weighted by molar-refractivity contribution is 0.174. The second kappa shape index (κ2) is 6.58. The molecule has 16 heavy (non-hydrogen) atoms. The zero-order valence-electron chi connectivity index (χ0n) is 11.7. The van der Waals surface area contributed by atoms with E-state index in [2.05, 4.69) is 50.0 Å². The lowest BCUT2D eigenvalue weighted by Crippen LogP contribution is -2.46. The second-order valence-electron chi connectivity index (χ2n) is 5.90. The summed E-state index contributed by atoms with van der Waals surface area (Å²) in [6.07, 6.45) is 1.27. The van der Waals surface area contributed by atoms with Gasteiger partial charge in [-0.05, 0) is 39.9 Å². The molecule has 1 fully saturated rings. The van der Waals surface area contributed by atoms with Gasteiger partial charge in [-0.2, -0.15) is 0 Å². The molecular weight excluding hydrogens is 198 g/mol. The Hall–Kier alpha value is -0.120. The highest BCUT2D eigenvalue weighted by Crippen LogP contribution is 2.11. The second-order valence-corrected chi connectivity index (χ2v) is 5.90. The molecule has 0 radical (unpaired) electrons. The van der Waals surface area contributed by atoms with Crippen molar-refractivity contribution in [3.8, 4) is 0 Å². The molecule has 0 aromatic rings. The van der Waals surface area contributed by atoms with Gasteiger partial charge < -0.3 is 10.2 Å². The maximum Gasteiger partial charge on any atom is 0.0322 e. The summed E-state index contributed by atoms with van der Waals surface area (Å²) in [5.41, 5.74) is 0. The molecule has 1 aliphatic rings. The molecule has 0 bridgehead atoms. The predicted octanol–water partition coefficient (Wildman–Crippen LogP) is 1.26. The fourth-order valence-corrected chi connectivity index (χ4v) is 2.49. The number of likely N-dealkylation sites (N-methyl/N-ethyl adjacent to an activating group) is 1. The Bertz CT molecular complexity index is 192. The van der Waals surface area contributed by atoms with Crippen LogP contribution in [0, 0.1) is 5.92 Å². The van der Waals surface area contributed by atoms with Gasteiger partial charge in [-0.25, -0.2) is 0 Å². The predicted molar refractivity (Wildman–Crippen MR) is 70.8 cm³/mol. The maximum atomic E-state index is 3.66. The van der Waals surface area contributed by atoms with E-state index in [0.29, 0.717) is 6.04 Å². The Morgan fingerprint density at radius 2 is 2.06 bits per heavy atom. The van der Waals surface area contributed by atoms with E-state index in [9.17, 15) is 0 Å². The van der Waals surface area contributed by atoms with Crippen molar-refractivity contribution in [1.82, 2.24) is 15.1 Å². The van der Waals surface area contributed by atoms with Crippen LogP contribution >= 0.6 is 0 Å². The van der Waals surface area contributed by atoms with E-state index in [1.54, 1.807) is 0 Å². The third-order valence-corrected chi connectivity index (χ3v) is 3.26. The van der Waals surface area contributed by atoms with Gasteiger partial charge >= 0.3 is 0 Å². The molecule has 0 aliphatic carbocycles. The maximum absolute atomic E-state index is 3.66. The first-order chi connectivity index (χ1) is 7.49. The lowest BCUT2D eigenvalue weighted by Gasteiger charge is -2.31. The highest BCUT2D eigenvalue weighted by atomic mass is 15.2. The first kappa shape index (κ1) is 13.9. The van der Waals surface area contributed by atoms with Crippen LogP contribution in [-0.4, -0.2) is 62.2 Å². The number of rotatable bonds is 4. The van der Waals surface area contributed by atoms with E-state index in [1.807, 2.05) is 0 Å². The highest BCUT2D eigenvalue weighted by Gasteiger charge is 2.23. The minimum absolute atomic E-state index is 0.624. The van der Waals surface area contributed by atoms with Crippen molar-refractivity contribution in [2.45, 2.75) is 39.3 Å². The molecule has 2 unspecified atom stereocenters. The monoisotopic (exact) mass is 227 g/mol. The van der Waals surface area contributed by atoms with E-state index in [-0.39, 0.29) is 0 Å². The Morgan fingerprint density at radius 3 is 2.62 bits per heavy atom. The Morgan fingerprint density at radius 1 is 1.38 bits per heavy atom. The summed E-state index contributed by atoms with van der Waals surface area (Å²) in [6.45, 7) is 11.7. The van der Waals surface area contributed by atoms with Crippen LogP contribution in [-0.2, 0) is 0 Å². The smallest absolute Gasteiger partial charge is 0.0322 e. The third-order valence-electron chi connectivity index (χ3n) is 3.26. The molecule has 2 atom stereocenters. The van der Waals surface area contributed by atoms with Crippen LogP contribution in [0.4, 0.5) is 0 Å². The van der Waals surface area contributed by atoms with Crippen LogP contribution in [0.15, 0.2) is 0 Å². The van der Waals surface area contributed by atoms with Crippen LogP contribution in [0.1, 0.15) is 27.2 Å². The average Bonchev–Trinajstić information content (AvgIpc) is 2.28. The summed E-state index contributed by atoms with van der Waals surface area (Å²) in [7, 11) is 4.31. The van der Waals surface area contributed by atoms with E-state index in [4.69, 9.17) is 0 Å². The number of hydrogen-bond donors (Lipinski definition) is 1. The van der Waals surface area contributed by atoms with Gasteiger partial charge in [0.1, 0.15) is 0 Å². The van der Waals surface area contributed by atoms with Crippen LogP contribution in [0.2, 0.25) is 0 Å². The summed E-state index contributed by atoms with van der Waals surface area (Å²) in [5.74, 6) is 0.764. The molecule has 3 heteroatoms. The summed E-state index contributed by atoms with van der Waals surface area (Å²) in [6, 6.07) is 1.35. The number of nitrogens with one attached hydrogen (secondary N) is 1. The Balaban J connectivity index is 2.51. The average molecular weight is 227 g/mol. The Kier molecular flexibility index (Phi) is 5.73. The van der Waals surface area contributed by atoms with Crippen LogP contribution in [0.3, 0.4) is 0 Å². The van der Waals surface area contributed by atoms with Crippen molar-refractivity contribution in [1.29, 1.82) is 0 Å². The SMILES string of the molecule is CC(C)CN1CC(CN(C)C)NCCC1C. The number of nitrogens with zero attached hydrogens (tertiary/aromatic N) is 2. The van der Waals surface area contributed by atoms with Gasteiger partial charge in [0.2, 0.25) is 0 Å². The molecule has 1 saturated heterocycles. The van der Waals surface area contributed by atoms with E-state index < -0.39 is 0 Å². The standard InChI is InChI=1S/C13H29N3/c1-11(2)8-16-10-13(9-15(4)5)14-7-6-12(16)3/h11-14H,6-10H2,1-5H3. The minimum atomic E-state index is 0.624. The van der Waals surface area contributed by atoms with Crippen molar-refractivity contribution in [3.63, 3.8) is 0 Å². The zero-order chi connectivity index (χ0) is 12.1. The molecule has 0 amide bonds. The van der Waals surface area contributed by atoms with Gasteiger partial charge in [0.05, 0.1) is 0 Å². The molecule has 3 nitrogen and oxygen atoms in total. The van der Waals surface area contributed by atoms with Crippen molar-refractivity contribution >= 4 is 0 Å². The molecule has 1 rings (SSSR count). The summed E-state index contributed by atoms with van der Waals surface area (Å²) < 4.78 is 0. The molecular formula is C13H29N3. The Labute approximate surface area is 101 Å². The van der Waals surface area contributed by atoms with Gasteiger partial charge in [0.15, 0.2) is 0 Å². The van der Waals surface area contributed by atoms with Gasteiger partial charge in [0.25, 0.3) is 0 Å². The fraction of sp³-hybridized carbons (Fsp3) is 1.00. The molecule has 96 valence electrons. The number of hydrogen-bond acceptors (Lipinski definition) is 3. The fourth-order valence-electron chi connectivity index (χ4n) is 2.49. The molecule has 0 saturated carbocycles. The van der Waals surface area contributed by atoms with Crippen molar-refractivity contribution in [2.75, 3.05) is 40.3 Å². The van der Waals surface area contributed by atoms with E-state index in [1.165, 1.54) is 19.5 Å². The third kappa shape index (κ3) is 4.81. The molecule has 0 aromatic heterocycles. The molecule has 0 spiro atoms. The highest BCUT2D eigenvalue weighted by molar-refractivity contribution is 4.82. The van der Waals surface area contributed by atoms with E-state index in [0.717, 1.165) is 25.0 Å². The van der Waals surface area contributed by atoms with Gasteiger partial charge in [-0.3, -0.25) is 4.90 Å². The van der Waals surface area contributed by atoms with Gasteiger partial charge in [-0.1, -0.05) is 13.8 Å². The largest absolute Gasteiger partial charge is 0.311 e. The first-order valence-electron chi connectivity index (χ1n) is 6.61. The van der Waals surface area contributed by atoms with E-state index >= 15 is 0 Å². The van der Waals surface area contributed by atoms with Crippen LogP contribution in [0.5, 0.6) is 0 Å². The summed E-state index contributed by atoms with van der Waals surface area (Å²) >= 11 is 0. The zero-order valence-corrected chi connectivity index (χ0v) is 11.7. The summed E-state index contributed by atoms with van der Waals surface area (Å²) in [5, 5.41) is 3.66. The molecule has 1 N–H and O–H groups in total. The normalized spacial score (nSPS) is 28.7. The van der Waals surface area contributed by atoms with Crippen LogP contribution < -0.4 is 5.32 Å². The van der Waals surface area contributed by atoms with Gasteiger partial charge in [0, 0.05) is 31.7 Å².